The van der Waals surface area contributed by atoms with Crippen LogP contribution in [0, 0.1) is 6.92 Å². The maximum absolute atomic E-state index is 5.88. The topological polar surface area (TPSA) is 0 Å². The van der Waals surface area contributed by atoms with Crippen molar-refractivity contribution in [3.63, 3.8) is 0 Å². The van der Waals surface area contributed by atoms with Crippen LogP contribution in [-0.2, 0) is 6.42 Å². The molecule has 0 saturated heterocycles. The number of hydrogen-bond donors (Lipinski definition) is 0. The third-order valence-electron chi connectivity index (χ3n) is 2.59. The minimum Gasteiger partial charge on any atom is -0.133 e. The Morgan fingerprint density at radius 2 is 1.94 bits per heavy atom. The lowest BCUT2D eigenvalue weighted by atomic mass is 10.1. The van der Waals surface area contributed by atoms with Crippen LogP contribution in [0.5, 0.6) is 0 Å². The van der Waals surface area contributed by atoms with Crippen molar-refractivity contribution >= 4 is 54.8 Å². The van der Waals surface area contributed by atoms with E-state index in [0.717, 1.165) is 11.4 Å². The summed E-state index contributed by atoms with van der Waals surface area (Å²) in [6.45, 7) is 2.15. The Balaban J connectivity index is 2.14. The first-order chi connectivity index (χ1) is 8.06. The molecule has 0 nitrogen and oxygen atoms in total. The second kappa shape index (κ2) is 5.87. The molecule has 1 aromatic carbocycles. The van der Waals surface area contributed by atoms with Gasteiger partial charge >= 0.3 is 0 Å². The second-order valence-electron chi connectivity index (χ2n) is 3.86. The number of rotatable bonds is 3. The zero-order valence-corrected chi connectivity index (χ0v) is 14.0. The van der Waals surface area contributed by atoms with Gasteiger partial charge in [0.2, 0.25) is 0 Å². The number of aryl methyl sites for hydroxylation is 1. The molecule has 1 unspecified atom stereocenters. The molecule has 17 heavy (non-hydrogen) atoms. The molecule has 1 atom stereocenters. The predicted octanol–water partition coefficient (Wildman–Crippen LogP) is 6.15. The summed E-state index contributed by atoms with van der Waals surface area (Å²) in [6.07, 6.45) is 0.973. The standard InChI is InChI=1S/C13H11Br2ClS/c1-8-11(7-13(15)17-8)12(14)6-9-2-4-10(16)5-3-9/h2-5,7,12H,6H2,1H3. The molecule has 1 aromatic heterocycles. The third kappa shape index (κ3) is 3.57. The van der Waals surface area contributed by atoms with Gasteiger partial charge in [-0.2, -0.15) is 0 Å². The van der Waals surface area contributed by atoms with Crippen LogP contribution in [0.15, 0.2) is 34.1 Å². The van der Waals surface area contributed by atoms with E-state index < -0.39 is 0 Å². The van der Waals surface area contributed by atoms with Crippen molar-refractivity contribution in [3.8, 4) is 0 Å². The average molecular weight is 395 g/mol. The van der Waals surface area contributed by atoms with Gasteiger partial charge in [-0.3, -0.25) is 0 Å². The summed E-state index contributed by atoms with van der Waals surface area (Å²) in [7, 11) is 0. The molecule has 4 heteroatoms. The van der Waals surface area contributed by atoms with E-state index in [1.807, 2.05) is 12.1 Å². The second-order valence-corrected chi connectivity index (χ2v) is 8.04. The Kier molecular flexibility index (Phi) is 4.70. The van der Waals surface area contributed by atoms with Gasteiger partial charge < -0.3 is 0 Å². The minimum atomic E-state index is 0.353. The zero-order chi connectivity index (χ0) is 12.4. The molecule has 0 fully saturated rings. The maximum atomic E-state index is 5.88. The molecular weight excluding hydrogens is 383 g/mol. The van der Waals surface area contributed by atoms with E-state index in [2.05, 4.69) is 57.0 Å². The molecule has 0 spiro atoms. The lowest BCUT2D eigenvalue weighted by molar-refractivity contribution is 0.946. The van der Waals surface area contributed by atoms with Gasteiger partial charge in [0, 0.05) is 14.7 Å². The highest BCUT2D eigenvalue weighted by Gasteiger charge is 2.13. The fraction of sp³-hybridized carbons (Fsp3) is 0.231. The SMILES string of the molecule is Cc1sc(Br)cc1C(Br)Cc1ccc(Cl)cc1. The Bertz CT molecular complexity index is 505. The van der Waals surface area contributed by atoms with Gasteiger partial charge in [0.05, 0.1) is 3.79 Å². The fourth-order valence-electron chi connectivity index (χ4n) is 1.71. The first-order valence-electron chi connectivity index (χ1n) is 5.20. The summed E-state index contributed by atoms with van der Waals surface area (Å²) >= 11 is 14.9. The number of alkyl halides is 1. The van der Waals surface area contributed by atoms with Crippen molar-refractivity contribution in [2.75, 3.05) is 0 Å². The first-order valence-corrected chi connectivity index (χ1v) is 8.11. The molecule has 0 bridgehead atoms. The Morgan fingerprint density at radius 3 is 2.47 bits per heavy atom. The normalized spacial score (nSPS) is 12.7. The number of halogens is 3. The highest BCUT2D eigenvalue weighted by Crippen LogP contribution is 2.36. The number of hydrogen-bond acceptors (Lipinski definition) is 1. The van der Waals surface area contributed by atoms with Crippen LogP contribution in [0.1, 0.15) is 20.8 Å². The van der Waals surface area contributed by atoms with Crippen LogP contribution in [-0.4, -0.2) is 0 Å². The molecule has 0 radical (unpaired) electrons. The van der Waals surface area contributed by atoms with Crippen LogP contribution < -0.4 is 0 Å². The van der Waals surface area contributed by atoms with E-state index in [-0.39, 0.29) is 0 Å². The maximum Gasteiger partial charge on any atom is 0.0704 e. The van der Waals surface area contributed by atoms with Gasteiger partial charge in [0.15, 0.2) is 0 Å². The van der Waals surface area contributed by atoms with Crippen LogP contribution in [0.25, 0.3) is 0 Å². The average Bonchev–Trinajstić information content (AvgIpc) is 2.61. The predicted molar refractivity (Wildman–Crippen MR) is 83.6 cm³/mol. The van der Waals surface area contributed by atoms with E-state index in [9.17, 15) is 0 Å². The minimum absolute atomic E-state index is 0.353. The Morgan fingerprint density at radius 1 is 1.29 bits per heavy atom. The van der Waals surface area contributed by atoms with Gasteiger partial charge in [0.1, 0.15) is 0 Å². The smallest absolute Gasteiger partial charge is 0.0704 e. The largest absolute Gasteiger partial charge is 0.133 e. The van der Waals surface area contributed by atoms with Crippen LogP contribution in [0.2, 0.25) is 5.02 Å². The zero-order valence-electron chi connectivity index (χ0n) is 9.21. The molecule has 0 N–H and O–H groups in total. The summed E-state index contributed by atoms with van der Waals surface area (Å²) in [5, 5.41) is 0.786. The summed E-state index contributed by atoms with van der Waals surface area (Å²) < 4.78 is 1.19. The van der Waals surface area contributed by atoms with Crippen LogP contribution in [0.3, 0.4) is 0 Å². The highest BCUT2D eigenvalue weighted by molar-refractivity contribution is 9.11. The molecule has 0 aliphatic heterocycles. The Hall–Kier alpha value is 0.170. The monoisotopic (exact) mass is 392 g/mol. The Labute approximate surface area is 127 Å². The van der Waals surface area contributed by atoms with Gasteiger partial charge in [0.25, 0.3) is 0 Å². The molecule has 0 amide bonds. The van der Waals surface area contributed by atoms with Crippen molar-refractivity contribution in [1.82, 2.24) is 0 Å². The van der Waals surface area contributed by atoms with E-state index in [4.69, 9.17) is 11.6 Å². The van der Waals surface area contributed by atoms with Crippen molar-refractivity contribution in [3.05, 3.63) is 55.1 Å². The van der Waals surface area contributed by atoms with E-state index in [1.54, 1.807) is 11.3 Å². The molecule has 90 valence electrons. The lowest BCUT2D eigenvalue weighted by Crippen LogP contribution is -1.95. The van der Waals surface area contributed by atoms with Gasteiger partial charge in [-0.15, -0.1) is 11.3 Å². The lowest BCUT2D eigenvalue weighted by Gasteiger charge is -2.09. The quantitative estimate of drug-likeness (QED) is 0.548. The summed E-state index contributed by atoms with van der Waals surface area (Å²) in [5.74, 6) is 0. The number of benzene rings is 1. The van der Waals surface area contributed by atoms with Crippen molar-refractivity contribution in [2.45, 2.75) is 18.2 Å². The number of thiophene rings is 1. The highest BCUT2D eigenvalue weighted by atomic mass is 79.9. The molecule has 1 heterocycles. The van der Waals surface area contributed by atoms with E-state index in [0.29, 0.717) is 4.83 Å². The van der Waals surface area contributed by atoms with Gasteiger partial charge in [-0.05, 0) is 58.6 Å². The van der Waals surface area contributed by atoms with Crippen LogP contribution >= 0.6 is 54.8 Å². The molecule has 0 aliphatic rings. The van der Waals surface area contributed by atoms with Crippen molar-refractivity contribution in [1.29, 1.82) is 0 Å². The molecule has 0 aliphatic carbocycles. The molecule has 0 saturated carbocycles. The van der Waals surface area contributed by atoms with Crippen molar-refractivity contribution in [2.24, 2.45) is 0 Å². The summed E-state index contributed by atoms with van der Waals surface area (Å²) in [4.78, 5) is 1.71. The summed E-state index contributed by atoms with van der Waals surface area (Å²) in [5.41, 5.74) is 2.65. The molecular formula is C13H11Br2ClS. The van der Waals surface area contributed by atoms with E-state index in [1.165, 1.54) is 19.8 Å². The van der Waals surface area contributed by atoms with Crippen molar-refractivity contribution < 1.29 is 0 Å². The van der Waals surface area contributed by atoms with Gasteiger partial charge in [-0.25, -0.2) is 0 Å². The molecule has 2 rings (SSSR count). The van der Waals surface area contributed by atoms with Gasteiger partial charge in [-0.1, -0.05) is 39.7 Å². The first kappa shape index (κ1) is 13.6. The van der Waals surface area contributed by atoms with Crippen LogP contribution in [0.4, 0.5) is 0 Å². The fourth-order valence-corrected chi connectivity index (χ4v) is 4.61. The summed E-state index contributed by atoms with van der Waals surface area (Å²) in [6, 6.07) is 10.2. The third-order valence-corrected chi connectivity index (χ3v) is 5.23. The molecule has 2 aromatic rings. The van der Waals surface area contributed by atoms with E-state index >= 15 is 0 Å².